The maximum Gasteiger partial charge on any atom is 0.307 e. The van der Waals surface area contributed by atoms with Crippen LogP contribution in [0.2, 0.25) is 0 Å². The second-order valence-corrected chi connectivity index (χ2v) is 3.45. The number of hydrogen-bond donors (Lipinski definition) is 2. The molecule has 0 radical (unpaired) electrons. The normalized spacial score (nSPS) is 11.6. The van der Waals surface area contributed by atoms with Crippen LogP contribution in [0.5, 0.6) is 0 Å². The minimum absolute atomic E-state index is 0.0593. The van der Waals surface area contributed by atoms with Gasteiger partial charge < -0.3 is 10.8 Å². The molecule has 0 aliphatic carbocycles. The van der Waals surface area contributed by atoms with Crippen molar-refractivity contribution in [2.75, 3.05) is 5.88 Å². The van der Waals surface area contributed by atoms with Gasteiger partial charge in [-0.3, -0.25) is 4.79 Å². The third kappa shape index (κ3) is 3.39. The van der Waals surface area contributed by atoms with Crippen LogP contribution in [-0.4, -0.2) is 22.8 Å². The average molecular weight is 263 g/mol. The number of hydrogen-bond acceptors (Lipinski definition) is 2. The number of benzene rings is 1. The van der Waals surface area contributed by atoms with Crippen LogP contribution in [0.1, 0.15) is 5.56 Å². The molecule has 0 unspecified atom stereocenters. The first-order valence-corrected chi connectivity index (χ1v) is 5.06. The number of carboxylic acid groups (broad SMARTS) is 1. The third-order valence-electron chi connectivity index (χ3n) is 1.88. The van der Waals surface area contributed by atoms with Crippen molar-refractivity contribution < 1.29 is 18.7 Å². The molecule has 0 amide bonds. The van der Waals surface area contributed by atoms with Crippen LogP contribution in [-0.2, 0) is 11.2 Å². The first kappa shape index (κ1) is 13.4. The Labute approximate surface area is 101 Å². The highest BCUT2D eigenvalue weighted by atomic mass is 35.5. The first-order valence-electron chi connectivity index (χ1n) is 4.53. The molecule has 0 heterocycles. The number of amidine groups is 1. The van der Waals surface area contributed by atoms with Crippen molar-refractivity contribution in [1.82, 2.24) is 0 Å². The van der Waals surface area contributed by atoms with Gasteiger partial charge in [0, 0.05) is 5.56 Å². The molecule has 0 aliphatic heterocycles. The molecule has 0 spiro atoms. The molecule has 1 aromatic rings. The van der Waals surface area contributed by atoms with Crippen LogP contribution in [0.3, 0.4) is 0 Å². The summed E-state index contributed by atoms with van der Waals surface area (Å²) >= 11 is 5.34. The molecule has 1 rings (SSSR count). The van der Waals surface area contributed by atoms with E-state index in [1.165, 1.54) is 0 Å². The van der Waals surface area contributed by atoms with Gasteiger partial charge in [-0.1, -0.05) is 6.07 Å². The molecule has 17 heavy (non-hydrogen) atoms. The Kier molecular flexibility index (Phi) is 4.39. The molecule has 92 valence electrons. The predicted octanol–water partition coefficient (Wildman–Crippen LogP) is 1.82. The summed E-state index contributed by atoms with van der Waals surface area (Å²) in [6.07, 6.45) is -0.599. The lowest BCUT2D eigenvalue weighted by molar-refractivity contribution is -0.136. The van der Waals surface area contributed by atoms with Crippen LogP contribution >= 0.6 is 11.6 Å². The third-order valence-corrected chi connectivity index (χ3v) is 2.16. The van der Waals surface area contributed by atoms with Gasteiger partial charge in [0.15, 0.2) is 11.6 Å². The second kappa shape index (κ2) is 5.58. The zero-order valence-electron chi connectivity index (χ0n) is 8.58. The summed E-state index contributed by atoms with van der Waals surface area (Å²) in [5.74, 6) is -3.90. The van der Waals surface area contributed by atoms with Crippen molar-refractivity contribution in [3.05, 3.63) is 29.3 Å². The summed E-state index contributed by atoms with van der Waals surface area (Å²) in [5.41, 5.74) is 4.72. The molecule has 3 N–H and O–H groups in total. The van der Waals surface area contributed by atoms with Crippen molar-refractivity contribution in [3.8, 4) is 0 Å². The standard InChI is InChI=1S/C10H9ClF2N2O2/c11-4-7(14)15-6-2-1-5(3-8(16)17)9(12)10(6)13/h1-2H,3-4H2,(H2,14,15)(H,16,17). The van der Waals surface area contributed by atoms with Crippen LogP contribution in [0.25, 0.3) is 0 Å². The van der Waals surface area contributed by atoms with Crippen molar-refractivity contribution >= 4 is 29.1 Å². The summed E-state index contributed by atoms with van der Waals surface area (Å²) in [7, 11) is 0. The zero-order chi connectivity index (χ0) is 13.0. The fourth-order valence-electron chi connectivity index (χ4n) is 1.15. The Balaban J connectivity index is 3.15. The van der Waals surface area contributed by atoms with Crippen molar-refractivity contribution in [1.29, 1.82) is 0 Å². The van der Waals surface area contributed by atoms with E-state index in [2.05, 4.69) is 4.99 Å². The summed E-state index contributed by atoms with van der Waals surface area (Å²) in [5, 5.41) is 8.48. The number of aliphatic imine (C=N–C) groups is 1. The summed E-state index contributed by atoms with van der Waals surface area (Å²) in [6, 6.07) is 2.29. The topological polar surface area (TPSA) is 75.7 Å². The van der Waals surface area contributed by atoms with Gasteiger partial charge in [0.05, 0.1) is 12.3 Å². The van der Waals surface area contributed by atoms with E-state index in [4.69, 9.17) is 22.4 Å². The molecule has 0 saturated carbocycles. The lowest BCUT2D eigenvalue weighted by atomic mass is 10.1. The molecule has 7 heteroatoms. The van der Waals surface area contributed by atoms with Crippen molar-refractivity contribution in [3.63, 3.8) is 0 Å². The molecule has 0 aromatic heterocycles. The molecule has 0 fully saturated rings. The highest BCUT2D eigenvalue weighted by Crippen LogP contribution is 2.23. The van der Waals surface area contributed by atoms with Gasteiger partial charge in [-0.2, -0.15) is 0 Å². The lowest BCUT2D eigenvalue weighted by Gasteiger charge is -2.04. The van der Waals surface area contributed by atoms with E-state index < -0.39 is 24.0 Å². The smallest absolute Gasteiger partial charge is 0.307 e. The molecule has 0 saturated heterocycles. The van der Waals surface area contributed by atoms with E-state index >= 15 is 0 Å². The Bertz CT molecular complexity index is 478. The van der Waals surface area contributed by atoms with Crippen molar-refractivity contribution in [2.24, 2.45) is 10.7 Å². The van der Waals surface area contributed by atoms with Gasteiger partial charge in [0.2, 0.25) is 0 Å². The van der Waals surface area contributed by atoms with Crippen LogP contribution in [0.4, 0.5) is 14.5 Å². The average Bonchev–Trinajstić information content (AvgIpc) is 2.28. The lowest BCUT2D eigenvalue weighted by Crippen LogP contribution is -2.12. The Morgan fingerprint density at radius 3 is 2.59 bits per heavy atom. The van der Waals surface area contributed by atoms with E-state index in [9.17, 15) is 13.6 Å². The molecule has 0 aliphatic rings. The SMILES string of the molecule is NC(CCl)=Nc1ccc(CC(=O)O)c(F)c1F. The fraction of sp³-hybridized carbons (Fsp3) is 0.200. The van der Waals surface area contributed by atoms with Crippen LogP contribution in [0, 0.1) is 11.6 Å². The Morgan fingerprint density at radius 1 is 1.41 bits per heavy atom. The number of halogens is 3. The van der Waals surface area contributed by atoms with Gasteiger partial charge in [-0.15, -0.1) is 11.6 Å². The van der Waals surface area contributed by atoms with Crippen LogP contribution < -0.4 is 5.73 Å². The number of alkyl halides is 1. The first-order chi connectivity index (χ1) is 7.95. The van der Waals surface area contributed by atoms with Gasteiger partial charge in [-0.25, -0.2) is 13.8 Å². The Hall–Kier alpha value is -1.69. The molecule has 1 aromatic carbocycles. The fourth-order valence-corrected chi connectivity index (χ4v) is 1.21. The highest BCUT2D eigenvalue weighted by Gasteiger charge is 2.15. The monoisotopic (exact) mass is 262 g/mol. The maximum absolute atomic E-state index is 13.4. The zero-order valence-corrected chi connectivity index (χ0v) is 9.34. The van der Waals surface area contributed by atoms with E-state index in [1.54, 1.807) is 0 Å². The van der Waals surface area contributed by atoms with Gasteiger partial charge in [-0.05, 0) is 6.07 Å². The molecule has 0 atom stereocenters. The van der Waals surface area contributed by atoms with Gasteiger partial charge in [0.25, 0.3) is 0 Å². The number of carboxylic acids is 1. The van der Waals surface area contributed by atoms with Crippen LogP contribution in [0.15, 0.2) is 17.1 Å². The predicted molar refractivity (Wildman–Crippen MR) is 59.7 cm³/mol. The molecular weight excluding hydrogens is 254 g/mol. The largest absolute Gasteiger partial charge is 0.481 e. The second-order valence-electron chi connectivity index (χ2n) is 3.18. The number of rotatable bonds is 4. The number of carbonyl (C=O) groups is 1. The van der Waals surface area contributed by atoms with E-state index in [1.807, 2.05) is 0 Å². The van der Waals surface area contributed by atoms with Gasteiger partial charge >= 0.3 is 5.97 Å². The highest BCUT2D eigenvalue weighted by molar-refractivity contribution is 6.28. The van der Waals surface area contributed by atoms with Gasteiger partial charge in [0.1, 0.15) is 11.5 Å². The number of nitrogens with two attached hydrogens (primary N) is 1. The molecule has 0 bridgehead atoms. The minimum atomic E-state index is -1.25. The maximum atomic E-state index is 13.4. The number of nitrogens with zero attached hydrogens (tertiary/aromatic N) is 1. The van der Waals surface area contributed by atoms with Crippen molar-refractivity contribution in [2.45, 2.75) is 6.42 Å². The van der Waals surface area contributed by atoms with E-state index in [0.29, 0.717) is 0 Å². The number of aliphatic carboxylic acids is 1. The molecule has 4 nitrogen and oxygen atoms in total. The van der Waals surface area contributed by atoms with E-state index in [-0.39, 0.29) is 23.0 Å². The summed E-state index contributed by atoms with van der Waals surface area (Å²) in [6.45, 7) is 0. The minimum Gasteiger partial charge on any atom is -0.481 e. The summed E-state index contributed by atoms with van der Waals surface area (Å²) in [4.78, 5) is 13.9. The molecular formula is C10H9ClF2N2O2. The Morgan fingerprint density at radius 2 is 2.06 bits per heavy atom. The van der Waals surface area contributed by atoms with E-state index in [0.717, 1.165) is 12.1 Å². The summed E-state index contributed by atoms with van der Waals surface area (Å²) < 4.78 is 26.8. The quantitative estimate of drug-likeness (QED) is 0.494.